The second kappa shape index (κ2) is 15.7. The van der Waals surface area contributed by atoms with Crippen molar-refractivity contribution < 1.29 is 22.7 Å². The molecule has 1 atom stereocenters. The van der Waals surface area contributed by atoms with Gasteiger partial charge in [-0.25, -0.2) is 8.42 Å². The Bertz CT molecular complexity index is 1600. The highest BCUT2D eigenvalue weighted by molar-refractivity contribution is 7.92. The largest absolute Gasteiger partial charge is 0.492 e. The molecule has 2 amide bonds. The molecule has 0 spiro atoms. The molecule has 0 unspecified atom stereocenters. The number of anilines is 1. The number of ether oxygens (including phenoxy) is 1. The van der Waals surface area contributed by atoms with Gasteiger partial charge in [-0.3, -0.25) is 13.9 Å². The summed E-state index contributed by atoms with van der Waals surface area (Å²) in [6, 6.07) is 32.7. The fourth-order valence-corrected chi connectivity index (χ4v) is 6.32. The van der Waals surface area contributed by atoms with Gasteiger partial charge in [-0.15, -0.1) is 0 Å². The minimum atomic E-state index is -4.21. The standard InChI is InChI=1S/C35H39N3O5S/c1-3-24-36-35(40)32(25-28-16-8-5-9-17-28)37(26-29-18-10-6-11-19-29)34(39)27-38(31-22-14-15-23-33(31)43-4-2)44(41,42)30-20-12-7-13-21-30/h5-23,32H,3-4,24-27H2,1-2H3,(H,36,40)/t32-/m1/s1. The van der Waals surface area contributed by atoms with Crippen LogP contribution in [0, 0.1) is 0 Å². The molecule has 0 fully saturated rings. The van der Waals surface area contributed by atoms with Crippen LogP contribution in [0.1, 0.15) is 31.4 Å². The van der Waals surface area contributed by atoms with Crippen molar-refractivity contribution in [2.24, 2.45) is 0 Å². The van der Waals surface area contributed by atoms with Crippen molar-refractivity contribution in [3.8, 4) is 5.75 Å². The van der Waals surface area contributed by atoms with Crippen LogP contribution in [0.2, 0.25) is 0 Å². The first-order chi connectivity index (χ1) is 21.3. The summed E-state index contributed by atoms with van der Waals surface area (Å²) in [6.07, 6.45) is 0.990. The summed E-state index contributed by atoms with van der Waals surface area (Å²) in [5, 5.41) is 2.96. The second-order valence-corrected chi connectivity index (χ2v) is 12.1. The van der Waals surface area contributed by atoms with Crippen LogP contribution in [0.3, 0.4) is 0 Å². The van der Waals surface area contributed by atoms with Gasteiger partial charge in [0, 0.05) is 19.5 Å². The van der Waals surface area contributed by atoms with E-state index >= 15 is 0 Å². The summed E-state index contributed by atoms with van der Waals surface area (Å²) >= 11 is 0. The van der Waals surface area contributed by atoms with E-state index in [1.54, 1.807) is 42.5 Å². The number of hydrogen-bond donors (Lipinski definition) is 1. The quantitative estimate of drug-likeness (QED) is 0.193. The second-order valence-electron chi connectivity index (χ2n) is 10.2. The lowest BCUT2D eigenvalue weighted by Gasteiger charge is -2.34. The normalized spacial score (nSPS) is 11.8. The fraction of sp³-hybridized carbons (Fsp3) is 0.257. The first-order valence-electron chi connectivity index (χ1n) is 14.8. The Labute approximate surface area is 260 Å². The molecular weight excluding hydrogens is 574 g/mol. The molecule has 9 heteroatoms. The van der Waals surface area contributed by atoms with Crippen LogP contribution >= 0.6 is 0 Å². The van der Waals surface area contributed by atoms with Crippen molar-refractivity contribution in [3.63, 3.8) is 0 Å². The molecule has 4 rings (SSSR count). The van der Waals surface area contributed by atoms with Crippen molar-refractivity contribution in [3.05, 3.63) is 126 Å². The van der Waals surface area contributed by atoms with Gasteiger partial charge >= 0.3 is 0 Å². The highest BCUT2D eigenvalue weighted by atomic mass is 32.2. The van der Waals surface area contributed by atoms with Gasteiger partial charge in [-0.1, -0.05) is 97.9 Å². The minimum absolute atomic E-state index is 0.0373. The van der Waals surface area contributed by atoms with E-state index in [2.05, 4.69) is 5.32 Å². The molecule has 0 radical (unpaired) electrons. The molecule has 0 aliphatic rings. The van der Waals surface area contributed by atoms with Gasteiger partial charge < -0.3 is 15.0 Å². The van der Waals surface area contributed by atoms with Crippen molar-refractivity contribution in [2.75, 3.05) is 24.0 Å². The molecule has 0 aliphatic carbocycles. The zero-order valence-electron chi connectivity index (χ0n) is 25.1. The number of rotatable bonds is 15. The molecule has 0 saturated carbocycles. The summed E-state index contributed by atoms with van der Waals surface area (Å²) in [4.78, 5) is 29.7. The molecule has 0 aromatic heterocycles. The molecule has 0 heterocycles. The number of carbonyl (C=O) groups excluding carboxylic acids is 2. The Morgan fingerprint density at radius 1 is 0.773 bits per heavy atom. The fourth-order valence-electron chi connectivity index (χ4n) is 4.87. The van der Waals surface area contributed by atoms with Crippen LogP contribution in [0.25, 0.3) is 0 Å². The maximum Gasteiger partial charge on any atom is 0.264 e. The first kappa shape index (κ1) is 32.3. The van der Waals surface area contributed by atoms with Gasteiger partial charge in [0.05, 0.1) is 17.2 Å². The van der Waals surface area contributed by atoms with E-state index < -0.39 is 28.5 Å². The van der Waals surface area contributed by atoms with E-state index in [0.29, 0.717) is 18.9 Å². The number of nitrogens with zero attached hydrogens (tertiary/aromatic N) is 2. The third-order valence-electron chi connectivity index (χ3n) is 7.06. The lowest BCUT2D eigenvalue weighted by Crippen LogP contribution is -2.53. The number of amides is 2. The van der Waals surface area contributed by atoms with Gasteiger partial charge in [0.25, 0.3) is 10.0 Å². The topological polar surface area (TPSA) is 96.0 Å². The van der Waals surface area contributed by atoms with E-state index in [0.717, 1.165) is 21.9 Å². The lowest BCUT2D eigenvalue weighted by atomic mass is 10.0. The third kappa shape index (κ3) is 8.26. The SMILES string of the molecule is CCCNC(=O)[C@@H](Cc1ccccc1)N(Cc1ccccc1)C(=O)CN(c1ccccc1OCC)S(=O)(=O)c1ccccc1. The van der Waals surface area contributed by atoms with Crippen molar-refractivity contribution in [2.45, 2.75) is 44.2 Å². The van der Waals surface area contributed by atoms with Gasteiger partial charge in [0.1, 0.15) is 18.3 Å². The summed E-state index contributed by atoms with van der Waals surface area (Å²) in [5.41, 5.74) is 1.93. The molecule has 1 N–H and O–H groups in total. The van der Waals surface area contributed by atoms with E-state index in [9.17, 15) is 18.0 Å². The summed E-state index contributed by atoms with van der Waals surface area (Å²) in [6.45, 7) is 4.10. The van der Waals surface area contributed by atoms with Crippen LogP contribution < -0.4 is 14.4 Å². The Hall–Kier alpha value is -4.63. The summed E-state index contributed by atoms with van der Waals surface area (Å²) < 4.78 is 35.2. The summed E-state index contributed by atoms with van der Waals surface area (Å²) in [5.74, 6) is -0.488. The molecular formula is C35H39N3O5S. The number of para-hydroxylation sites is 2. The molecule has 8 nitrogen and oxygen atoms in total. The molecule has 44 heavy (non-hydrogen) atoms. The van der Waals surface area contributed by atoms with E-state index in [-0.39, 0.29) is 29.5 Å². The maximum atomic E-state index is 14.5. The molecule has 0 aliphatic heterocycles. The predicted octanol–water partition coefficient (Wildman–Crippen LogP) is 5.45. The van der Waals surface area contributed by atoms with Crippen LogP contribution in [-0.4, -0.2) is 50.9 Å². The third-order valence-corrected chi connectivity index (χ3v) is 8.83. The Morgan fingerprint density at radius 3 is 1.95 bits per heavy atom. The first-order valence-corrected chi connectivity index (χ1v) is 16.2. The van der Waals surface area contributed by atoms with Gasteiger partial charge in [-0.2, -0.15) is 0 Å². The average Bonchev–Trinajstić information content (AvgIpc) is 3.06. The number of hydrogen-bond acceptors (Lipinski definition) is 5. The monoisotopic (exact) mass is 613 g/mol. The minimum Gasteiger partial charge on any atom is -0.492 e. The number of carbonyl (C=O) groups is 2. The predicted molar refractivity (Wildman–Crippen MR) is 173 cm³/mol. The van der Waals surface area contributed by atoms with Crippen molar-refractivity contribution in [1.29, 1.82) is 0 Å². The molecule has 0 saturated heterocycles. The van der Waals surface area contributed by atoms with Crippen molar-refractivity contribution >= 4 is 27.5 Å². The van der Waals surface area contributed by atoms with Crippen LogP contribution in [-0.2, 0) is 32.6 Å². The Kier molecular flexibility index (Phi) is 11.5. The Balaban J connectivity index is 1.81. The molecule has 230 valence electrons. The van der Waals surface area contributed by atoms with Gasteiger partial charge in [-0.05, 0) is 48.7 Å². The van der Waals surface area contributed by atoms with Crippen molar-refractivity contribution in [1.82, 2.24) is 10.2 Å². The van der Waals surface area contributed by atoms with E-state index in [1.165, 1.54) is 17.0 Å². The van der Waals surface area contributed by atoms with Gasteiger partial charge in [0.2, 0.25) is 11.8 Å². The molecule has 4 aromatic carbocycles. The number of sulfonamides is 1. The number of benzene rings is 4. The Morgan fingerprint density at radius 2 is 1.34 bits per heavy atom. The zero-order chi connectivity index (χ0) is 31.4. The number of nitrogens with one attached hydrogen (secondary N) is 1. The molecule has 4 aromatic rings. The molecule has 0 bridgehead atoms. The smallest absolute Gasteiger partial charge is 0.264 e. The van der Waals surface area contributed by atoms with Crippen LogP contribution in [0.4, 0.5) is 5.69 Å². The van der Waals surface area contributed by atoms with Gasteiger partial charge in [0.15, 0.2) is 0 Å². The zero-order valence-corrected chi connectivity index (χ0v) is 26.0. The maximum absolute atomic E-state index is 14.5. The van der Waals surface area contributed by atoms with E-state index in [1.807, 2.05) is 74.5 Å². The van der Waals surface area contributed by atoms with Crippen LogP contribution in [0.15, 0.2) is 120 Å². The van der Waals surface area contributed by atoms with Crippen LogP contribution in [0.5, 0.6) is 5.75 Å². The highest BCUT2D eigenvalue weighted by Gasteiger charge is 2.35. The summed E-state index contributed by atoms with van der Waals surface area (Å²) in [7, 11) is -4.21. The van der Waals surface area contributed by atoms with E-state index in [4.69, 9.17) is 4.74 Å². The highest BCUT2D eigenvalue weighted by Crippen LogP contribution is 2.33. The average molecular weight is 614 g/mol. The lowest BCUT2D eigenvalue weighted by molar-refractivity contribution is -0.140.